The minimum Gasteiger partial charge on any atom is -0.472 e. The molecule has 13 heavy (non-hydrogen) atoms. The van der Waals surface area contributed by atoms with Crippen LogP contribution < -0.4 is 5.73 Å². The van der Waals surface area contributed by atoms with Gasteiger partial charge in [0.2, 0.25) is 0 Å². The highest BCUT2D eigenvalue weighted by molar-refractivity contribution is 6.33. The van der Waals surface area contributed by atoms with Gasteiger partial charge in [-0.25, -0.2) is 0 Å². The minimum absolute atomic E-state index is 0.576. The molecule has 1 aromatic carbocycles. The van der Waals surface area contributed by atoms with Crippen molar-refractivity contribution < 1.29 is 4.42 Å². The van der Waals surface area contributed by atoms with Crippen molar-refractivity contribution in [2.45, 2.75) is 0 Å². The molecule has 1 aromatic heterocycles. The number of anilines is 1. The van der Waals surface area contributed by atoms with Gasteiger partial charge in [0.05, 0.1) is 23.2 Å². The van der Waals surface area contributed by atoms with Crippen molar-refractivity contribution in [3.8, 4) is 11.1 Å². The summed E-state index contributed by atoms with van der Waals surface area (Å²) in [6.07, 6.45) is 3.29. The van der Waals surface area contributed by atoms with E-state index in [2.05, 4.69) is 0 Å². The van der Waals surface area contributed by atoms with Gasteiger partial charge in [0.25, 0.3) is 0 Å². The quantitative estimate of drug-likeness (QED) is 0.707. The predicted molar refractivity (Wildman–Crippen MR) is 53.6 cm³/mol. The molecule has 0 saturated heterocycles. The van der Waals surface area contributed by atoms with E-state index in [1.54, 1.807) is 18.6 Å². The standard InChI is InChI=1S/C10H8ClNO/c11-9-2-1-7(5-10(9)12)8-3-4-13-6-8/h1-6H,12H2. The lowest BCUT2D eigenvalue weighted by Gasteiger charge is -2.00. The predicted octanol–water partition coefficient (Wildman–Crippen LogP) is 3.18. The van der Waals surface area contributed by atoms with Crippen molar-refractivity contribution in [1.29, 1.82) is 0 Å². The molecule has 0 unspecified atom stereocenters. The zero-order chi connectivity index (χ0) is 9.26. The Balaban J connectivity index is 2.49. The van der Waals surface area contributed by atoms with Crippen molar-refractivity contribution in [2.24, 2.45) is 0 Å². The van der Waals surface area contributed by atoms with Crippen molar-refractivity contribution in [3.63, 3.8) is 0 Å². The molecule has 2 N–H and O–H groups in total. The van der Waals surface area contributed by atoms with E-state index in [1.165, 1.54) is 0 Å². The maximum Gasteiger partial charge on any atom is 0.0980 e. The number of benzene rings is 1. The van der Waals surface area contributed by atoms with Crippen LogP contribution in [0.1, 0.15) is 0 Å². The highest BCUT2D eigenvalue weighted by atomic mass is 35.5. The average Bonchev–Trinajstić information content (AvgIpc) is 2.62. The molecule has 0 amide bonds. The maximum absolute atomic E-state index is 5.79. The summed E-state index contributed by atoms with van der Waals surface area (Å²) < 4.78 is 4.97. The van der Waals surface area contributed by atoms with Gasteiger partial charge in [-0.05, 0) is 23.8 Å². The van der Waals surface area contributed by atoms with Gasteiger partial charge in [0, 0.05) is 5.56 Å². The number of nitrogens with two attached hydrogens (primary N) is 1. The number of hydrogen-bond donors (Lipinski definition) is 1. The normalized spacial score (nSPS) is 10.2. The zero-order valence-corrected chi connectivity index (χ0v) is 7.58. The van der Waals surface area contributed by atoms with E-state index in [0.29, 0.717) is 10.7 Å². The Labute approximate surface area is 80.9 Å². The van der Waals surface area contributed by atoms with E-state index in [9.17, 15) is 0 Å². The van der Waals surface area contributed by atoms with Crippen molar-refractivity contribution in [1.82, 2.24) is 0 Å². The van der Waals surface area contributed by atoms with Crippen LogP contribution in [0.5, 0.6) is 0 Å². The third-order valence-corrected chi connectivity index (χ3v) is 2.19. The lowest BCUT2D eigenvalue weighted by Crippen LogP contribution is -1.86. The van der Waals surface area contributed by atoms with Crippen LogP contribution in [-0.4, -0.2) is 0 Å². The van der Waals surface area contributed by atoms with Crippen molar-refractivity contribution in [2.75, 3.05) is 5.73 Å². The fraction of sp³-hybridized carbons (Fsp3) is 0. The van der Waals surface area contributed by atoms with Crippen LogP contribution >= 0.6 is 11.6 Å². The molecular weight excluding hydrogens is 186 g/mol. The summed E-state index contributed by atoms with van der Waals surface area (Å²) in [4.78, 5) is 0. The number of nitrogen functional groups attached to an aromatic ring is 1. The van der Waals surface area contributed by atoms with Crippen LogP contribution in [0.25, 0.3) is 11.1 Å². The first-order chi connectivity index (χ1) is 6.27. The molecule has 0 radical (unpaired) electrons. The maximum atomic E-state index is 5.79. The van der Waals surface area contributed by atoms with Gasteiger partial charge >= 0.3 is 0 Å². The largest absolute Gasteiger partial charge is 0.472 e. The first-order valence-corrected chi connectivity index (χ1v) is 4.23. The number of halogens is 1. The second-order valence-corrected chi connectivity index (χ2v) is 3.16. The Kier molecular flexibility index (Phi) is 1.99. The molecule has 2 aromatic rings. The molecule has 0 aliphatic heterocycles. The Hall–Kier alpha value is -1.41. The van der Waals surface area contributed by atoms with E-state index >= 15 is 0 Å². The van der Waals surface area contributed by atoms with Gasteiger partial charge in [-0.3, -0.25) is 0 Å². The Morgan fingerprint density at radius 3 is 2.62 bits per heavy atom. The summed E-state index contributed by atoms with van der Waals surface area (Å²) >= 11 is 5.79. The fourth-order valence-corrected chi connectivity index (χ4v) is 1.27. The first-order valence-electron chi connectivity index (χ1n) is 3.85. The van der Waals surface area contributed by atoms with Gasteiger partial charge in [-0.1, -0.05) is 17.7 Å². The Morgan fingerprint density at radius 2 is 2.00 bits per heavy atom. The fourth-order valence-electron chi connectivity index (χ4n) is 1.15. The topological polar surface area (TPSA) is 39.2 Å². The lowest BCUT2D eigenvalue weighted by molar-refractivity contribution is 0.568. The second kappa shape index (κ2) is 3.15. The van der Waals surface area contributed by atoms with E-state index < -0.39 is 0 Å². The minimum atomic E-state index is 0.576. The van der Waals surface area contributed by atoms with Gasteiger partial charge in [-0.15, -0.1) is 0 Å². The summed E-state index contributed by atoms with van der Waals surface area (Å²) in [5.74, 6) is 0. The number of rotatable bonds is 1. The van der Waals surface area contributed by atoms with Gasteiger partial charge in [0.15, 0.2) is 0 Å². The van der Waals surface area contributed by atoms with Crippen LogP contribution in [-0.2, 0) is 0 Å². The summed E-state index contributed by atoms with van der Waals surface area (Å²) in [5.41, 5.74) is 8.26. The molecular formula is C10H8ClNO. The van der Waals surface area contributed by atoms with E-state index in [4.69, 9.17) is 21.8 Å². The molecule has 0 aliphatic carbocycles. The molecule has 0 spiro atoms. The van der Waals surface area contributed by atoms with Crippen LogP contribution in [0, 0.1) is 0 Å². The highest BCUT2D eigenvalue weighted by Crippen LogP contribution is 2.26. The van der Waals surface area contributed by atoms with Crippen LogP contribution in [0.3, 0.4) is 0 Å². The summed E-state index contributed by atoms with van der Waals surface area (Å²) in [6.45, 7) is 0. The van der Waals surface area contributed by atoms with Gasteiger partial charge in [0.1, 0.15) is 0 Å². The average molecular weight is 194 g/mol. The number of hydrogen-bond acceptors (Lipinski definition) is 2. The molecule has 0 bridgehead atoms. The van der Waals surface area contributed by atoms with Crippen LogP contribution in [0.15, 0.2) is 41.2 Å². The molecule has 66 valence electrons. The van der Waals surface area contributed by atoms with E-state index in [1.807, 2.05) is 18.2 Å². The zero-order valence-electron chi connectivity index (χ0n) is 6.83. The molecule has 3 heteroatoms. The Morgan fingerprint density at radius 1 is 1.15 bits per heavy atom. The third-order valence-electron chi connectivity index (χ3n) is 1.85. The van der Waals surface area contributed by atoms with E-state index in [0.717, 1.165) is 11.1 Å². The lowest BCUT2D eigenvalue weighted by atomic mass is 10.1. The summed E-state index contributed by atoms with van der Waals surface area (Å²) in [7, 11) is 0. The molecule has 1 heterocycles. The first kappa shape index (κ1) is 8.20. The number of furan rings is 1. The monoisotopic (exact) mass is 193 g/mol. The van der Waals surface area contributed by atoms with Crippen molar-refractivity contribution in [3.05, 3.63) is 41.8 Å². The SMILES string of the molecule is Nc1cc(-c2ccoc2)ccc1Cl. The molecule has 0 aliphatic rings. The van der Waals surface area contributed by atoms with Gasteiger partial charge < -0.3 is 10.2 Å². The van der Waals surface area contributed by atoms with Crippen LogP contribution in [0.2, 0.25) is 5.02 Å². The highest BCUT2D eigenvalue weighted by Gasteiger charge is 2.01. The summed E-state index contributed by atoms with van der Waals surface area (Å²) in [5, 5.41) is 0.576. The van der Waals surface area contributed by atoms with Gasteiger partial charge in [-0.2, -0.15) is 0 Å². The van der Waals surface area contributed by atoms with Crippen molar-refractivity contribution >= 4 is 17.3 Å². The molecule has 0 fully saturated rings. The molecule has 2 nitrogen and oxygen atoms in total. The molecule has 0 saturated carbocycles. The van der Waals surface area contributed by atoms with Crippen LogP contribution in [0.4, 0.5) is 5.69 Å². The third kappa shape index (κ3) is 1.53. The van der Waals surface area contributed by atoms with E-state index in [-0.39, 0.29) is 0 Å². The smallest absolute Gasteiger partial charge is 0.0980 e. The second-order valence-electron chi connectivity index (χ2n) is 2.75. The Bertz CT molecular complexity index is 409. The molecule has 2 rings (SSSR count). The molecule has 0 atom stereocenters. The summed E-state index contributed by atoms with van der Waals surface area (Å²) in [6, 6.07) is 7.39.